The van der Waals surface area contributed by atoms with Gasteiger partial charge >= 0.3 is 0 Å². The van der Waals surface area contributed by atoms with E-state index < -0.39 is 9.84 Å². The van der Waals surface area contributed by atoms with E-state index in [2.05, 4.69) is 4.31 Å². The fraction of sp³-hybridized carbons (Fsp3) is 0.400. The van der Waals surface area contributed by atoms with Crippen molar-refractivity contribution in [1.82, 2.24) is 0 Å². The molecule has 1 aromatic carbocycles. The van der Waals surface area contributed by atoms with Crippen LogP contribution in [-0.2, 0) is 9.84 Å². The molecule has 0 unspecified atom stereocenters. The maximum absolute atomic E-state index is 11.6. The summed E-state index contributed by atoms with van der Waals surface area (Å²) < 4.78 is 25.3. The van der Waals surface area contributed by atoms with Crippen LogP contribution < -0.4 is 4.31 Å². The Bertz CT molecular complexity index is 488. The molecule has 16 heavy (non-hydrogen) atoms. The van der Waals surface area contributed by atoms with Crippen LogP contribution in [0.5, 0.6) is 0 Å². The molecule has 2 atom stereocenters. The largest absolute Gasteiger partial charge is 0.302 e. The summed E-state index contributed by atoms with van der Waals surface area (Å²) >= 11 is 0. The lowest BCUT2D eigenvalue weighted by Gasteiger charge is -2.21. The Kier molecular flexibility index (Phi) is 2.60. The number of hydrogen-bond donors (Lipinski definition) is 0. The number of sulfone groups is 1. The van der Waals surface area contributed by atoms with E-state index in [9.17, 15) is 8.42 Å². The van der Waals surface area contributed by atoms with Gasteiger partial charge in [0.15, 0.2) is 9.84 Å². The second-order valence-corrected chi connectivity index (χ2v) is 8.53. The molecule has 0 aliphatic carbocycles. The van der Waals surface area contributed by atoms with Crippen LogP contribution in [0.1, 0.15) is 0 Å². The maximum atomic E-state index is 11.6. The lowest BCUT2D eigenvalue weighted by molar-refractivity contribution is 0.601. The summed E-state index contributed by atoms with van der Waals surface area (Å²) in [5.74, 6) is 0.630. The van der Waals surface area contributed by atoms with Crippen molar-refractivity contribution in [2.24, 2.45) is 0 Å². The molecule has 0 radical (unpaired) electrons. The van der Waals surface area contributed by atoms with E-state index in [0.717, 1.165) is 5.69 Å². The fourth-order valence-corrected chi connectivity index (χ4v) is 8.15. The van der Waals surface area contributed by atoms with Crippen LogP contribution in [0.3, 0.4) is 0 Å². The molecule has 3 nitrogen and oxygen atoms in total. The van der Waals surface area contributed by atoms with Gasteiger partial charge in [0.1, 0.15) is 0 Å². The minimum Gasteiger partial charge on any atom is -0.302 e. The highest BCUT2D eigenvalue weighted by molar-refractivity contribution is 8.78. The van der Waals surface area contributed by atoms with Gasteiger partial charge in [-0.15, -0.1) is 0 Å². The highest BCUT2D eigenvalue weighted by Gasteiger charge is 2.46. The second-order valence-electron chi connectivity index (χ2n) is 4.01. The van der Waals surface area contributed by atoms with E-state index in [0.29, 0.717) is 11.5 Å². The Morgan fingerprint density at radius 1 is 1.19 bits per heavy atom. The summed E-state index contributed by atoms with van der Waals surface area (Å²) in [6.45, 7) is 0. The van der Waals surface area contributed by atoms with Crippen LogP contribution in [0.15, 0.2) is 30.3 Å². The van der Waals surface area contributed by atoms with Crippen molar-refractivity contribution in [2.75, 3.05) is 15.8 Å². The molecule has 0 aromatic heterocycles. The first-order valence-electron chi connectivity index (χ1n) is 5.04. The van der Waals surface area contributed by atoms with Gasteiger partial charge in [0.25, 0.3) is 0 Å². The summed E-state index contributed by atoms with van der Waals surface area (Å²) in [4.78, 5) is 0. The number of nitrogens with zero attached hydrogens (tertiary/aromatic N) is 1. The van der Waals surface area contributed by atoms with E-state index in [1.807, 2.05) is 30.3 Å². The molecule has 2 aliphatic rings. The van der Waals surface area contributed by atoms with Crippen molar-refractivity contribution in [2.45, 2.75) is 11.3 Å². The fourth-order valence-electron chi connectivity index (χ4n) is 2.07. The third kappa shape index (κ3) is 1.83. The van der Waals surface area contributed by atoms with Crippen LogP contribution in [0.25, 0.3) is 0 Å². The minimum atomic E-state index is -2.82. The first-order valence-corrected chi connectivity index (χ1v) is 9.03. The number of hydrogen-bond acceptors (Lipinski definition) is 5. The minimum absolute atomic E-state index is 0.141. The van der Waals surface area contributed by atoms with Crippen molar-refractivity contribution in [3.63, 3.8) is 0 Å². The van der Waals surface area contributed by atoms with E-state index >= 15 is 0 Å². The predicted octanol–water partition coefficient (Wildman–Crippen LogP) is 1.97. The number of fused-ring (bicyclic) bond motifs is 1. The van der Waals surface area contributed by atoms with Crippen LogP contribution in [0, 0.1) is 0 Å². The van der Waals surface area contributed by atoms with Crippen LogP contribution in [-0.4, -0.2) is 31.2 Å². The van der Waals surface area contributed by atoms with E-state index in [1.165, 1.54) is 0 Å². The van der Waals surface area contributed by atoms with E-state index in [4.69, 9.17) is 0 Å². The van der Waals surface area contributed by atoms with Gasteiger partial charge in [-0.3, -0.25) is 0 Å². The van der Waals surface area contributed by atoms with Gasteiger partial charge in [0.2, 0.25) is 0 Å². The first-order chi connectivity index (χ1) is 7.66. The predicted molar refractivity (Wildman–Crippen MR) is 70.3 cm³/mol. The van der Waals surface area contributed by atoms with Crippen molar-refractivity contribution < 1.29 is 8.42 Å². The molecule has 3 rings (SSSR count). The molecular weight excluding hydrogens is 262 g/mol. The van der Waals surface area contributed by atoms with Crippen LogP contribution >= 0.6 is 21.8 Å². The van der Waals surface area contributed by atoms with Gasteiger partial charge in [0, 0.05) is 16.7 Å². The zero-order chi connectivity index (χ0) is 11.2. The summed E-state index contributed by atoms with van der Waals surface area (Å²) in [5.41, 5.74) is 1.10. The topological polar surface area (TPSA) is 37.4 Å². The highest BCUT2D eigenvalue weighted by Crippen LogP contribution is 2.49. The Labute approximate surface area is 103 Å². The molecule has 0 spiro atoms. The zero-order valence-corrected chi connectivity index (χ0v) is 10.9. The number of benzene rings is 1. The van der Waals surface area contributed by atoms with Gasteiger partial charge in [-0.05, 0) is 12.1 Å². The maximum Gasteiger partial charge on any atom is 0.153 e. The standard InChI is InChI=1S/C10H11NO2S3/c12-16(13)6-9-10(7-16)14-15-11(9)8-4-2-1-3-5-8/h1-5,9-10H,6-7H2/t9-,10+/m1/s1. The van der Waals surface area contributed by atoms with Gasteiger partial charge in [-0.2, -0.15) is 0 Å². The van der Waals surface area contributed by atoms with Gasteiger partial charge in [-0.25, -0.2) is 8.42 Å². The molecular formula is C10H11NO2S3. The number of para-hydroxylation sites is 1. The van der Waals surface area contributed by atoms with Crippen LogP contribution in [0.2, 0.25) is 0 Å². The molecule has 0 N–H and O–H groups in total. The lowest BCUT2D eigenvalue weighted by Crippen LogP contribution is -2.31. The Hall–Kier alpha value is -0.330. The quantitative estimate of drug-likeness (QED) is 0.577. The molecule has 6 heteroatoms. The summed E-state index contributed by atoms with van der Waals surface area (Å²) in [5, 5.41) is 0.232. The molecule has 2 heterocycles. The van der Waals surface area contributed by atoms with Crippen molar-refractivity contribution in [1.29, 1.82) is 0 Å². The molecule has 2 saturated heterocycles. The average molecular weight is 273 g/mol. The highest BCUT2D eigenvalue weighted by atomic mass is 33.1. The van der Waals surface area contributed by atoms with Crippen LogP contribution in [0.4, 0.5) is 5.69 Å². The van der Waals surface area contributed by atoms with Crippen molar-refractivity contribution in [3.05, 3.63) is 30.3 Å². The van der Waals surface area contributed by atoms with Gasteiger partial charge in [0.05, 0.1) is 22.8 Å². The van der Waals surface area contributed by atoms with Crippen molar-refractivity contribution >= 4 is 37.3 Å². The molecule has 1 aromatic rings. The Morgan fingerprint density at radius 2 is 1.94 bits per heavy atom. The summed E-state index contributed by atoms with van der Waals surface area (Å²) in [6.07, 6.45) is 0. The Balaban J connectivity index is 1.90. The second kappa shape index (κ2) is 3.85. The molecule has 0 amide bonds. The monoisotopic (exact) mass is 273 g/mol. The zero-order valence-electron chi connectivity index (χ0n) is 8.44. The van der Waals surface area contributed by atoms with Gasteiger partial charge in [-0.1, -0.05) is 29.0 Å². The molecule has 0 saturated carbocycles. The smallest absolute Gasteiger partial charge is 0.153 e. The number of anilines is 1. The SMILES string of the molecule is O=S1(=O)C[C@@H]2SSN(c3ccccc3)[C@@H]2C1. The first kappa shape index (κ1) is 10.8. The summed E-state index contributed by atoms with van der Waals surface area (Å²) in [7, 11) is 0.533. The summed E-state index contributed by atoms with van der Waals surface area (Å²) in [6, 6.07) is 10.1. The molecule has 2 aliphatic heterocycles. The van der Waals surface area contributed by atoms with Crippen molar-refractivity contribution in [3.8, 4) is 0 Å². The van der Waals surface area contributed by atoms with E-state index in [-0.39, 0.29) is 11.3 Å². The Morgan fingerprint density at radius 3 is 2.69 bits per heavy atom. The third-order valence-corrected chi connectivity index (χ3v) is 7.70. The van der Waals surface area contributed by atoms with Gasteiger partial charge < -0.3 is 4.31 Å². The molecule has 86 valence electrons. The molecule has 0 bridgehead atoms. The lowest BCUT2D eigenvalue weighted by atomic mass is 10.2. The normalized spacial score (nSPS) is 31.6. The molecule has 2 fully saturated rings. The average Bonchev–Trinajstić information content (AvgIpc) is 2.74. The third-order valence-electron chi connectivity index (χ3n) is 2.83. The number of rotatable bonds is 1. The van der Waals surface area contributed by atoms with E-state index in [1.54, 1.807) is 21.8 Å².